The maximum absolute atomic E-state index is 13.9. The van der Waals surface area contributed by atoms with Crippen LogP contribution in [-0.2, 0) is 0 Å². The summed E-state index contributed by atoms with van der Waals surface area (Å²) >= 11 is 1.49. The Morgan fingerprint density at radius 1 is 1.14 bits per heavy atom. The monoisotopic (exact) mass is 398 g/mol. The average Bonchev–Trinajstić information content (AvgIpc) is 2.83. The second-order valence-corrected chi connectivity index (χ2v) is 8.43. The first-order valence-corrected chi connectivity index (χ1v) is 10.4. The van der Waals surface area contributed by atoms with Crippen LogP contribution in [0.15, 0.2) is 24.5 Å². The number of benzene rings is 1. The van der Waals surface area contributed by atoms with Crippen LogP contribution in [0.25, 0.3) is 10.2 Å². The molecule has 5 nitrogen and oxygen atoms in total. The number of aryl methyl sites for hydroxylation is 2. The van der Waals surface area contributed by atoms with E-state index in [1.54, 1.807) is 25.4 Å². The summed E-state index contributed by atoms with van der Waals surface area (Å²) in [5.41, 5.74) is 1.58. The summed E-state index contributed by atoms with van der Waals surface area (Å²) in [4.78, 5) is 26.0. The van der Waals surface area contributed by atoms with Gasteiger partial charge < -0.3 is 10.2 Å². The molecule has 1 N–H and O–H groups in total. The van der Waals surface area contributed by atoms with Crippen molar-refractivity contribution in [2.45, 2.75) is 39.5 Å². The van der Waals surface area contributed by atoms with Crippen LogP contribution in [-0.4, -0.2) is 29.0 Å². The lowest BCUT2D eigenvalue weighted by Gasteiger charge is -2.22. The van der Waals surface area contributed by atoms with E-state index in [1.807, 2.05) is 6.92 Å². The molecule has 3 aromatic rings. The van der Waals surface area contributed by atoms with Crippen molar-refractivity contribution >= 4 is 39.0 Å². The molecule has 1 aliphatic heterocycles. The van der Waals surface area contributed by atoms with Gasteiger partial charge in [0.25, 0.3) is 5.91 Å². The smallest absolute Gasteiger partial charge is 0.257 e. The van der Waals surface area contributed by atoms with E-state index in [1.165, 1.54) is 30.2 Å². The first kappa shape index (κ1) is 18.8. The number of carbonyl (C=O) groups excluding carboxylic acids is 1. The molecular formula is C21H23FN4OS. The van der Waals surface area contributed by atoms with E-state index < -0.39 is 0 Å². The molecule has 1 aromatic carbocycles. The van der Waals surface area contributed by atoms with E-state index in [4.69, 9.17) is 0 Å². The van der Waals surface area contributed by atoms with Gasteiger partial charge in [0.2, 0.25) is 0 Å². The number of halogens is 1. The number of anilines is 2. The maximum atomic E-state index is 13.9. The van der Waals surface area contributed by atoms with Gasteiger partial charge in [-0.3, -0.25) is 4.79 Å². The summed E-state index contributed by atoms with van der Waals surface area (Å²) < 4.78 is 13.9. The highest BCUT2D eigenvalue weighted by Crippen LogP contribution is 2.36. The topological polar surface area (TPSA) is 58.1 Å². The first-order chi connectivity index (χ1) is 13.5. The summed E-state index contributed by atoms with van der Waals surface area (Å²) in [5, 5.41) is 3.64. The molecule has 0 bridgehead atoms. The first-order valence-electron chi connectivity index (χ1n) is 9.61. The third-order valence-corrected chi connectivity index (χ3v) is 6.22. The van der Waals surface area contributed by atoms with Crippen molar-refractivity contribution in [3.05, 3.63) is 46.3 Å². The minimum Gasteiger partial charge on any atom is -0.356 e. The number of nitrogens with one attached hydrogen (secondary N) is 1. The summed E-state index contributed by atoms with van der Waals surface area (Å²) in [6.45, 7) is 5.49. The molecular weight excluding hydrogens is 375 g/mol. The molecule has 28 heavy (non-hydrogen) atoms. The van der Waals surface area contributed by atoms with E-state index in [2.05, 4.69) is 20.2 Å². The highest BCUT2D eigenvalue weighted by atomic mass is 32.1. The van der Waals surface area contributed by atoms with Crippen molar-refractivity contribution in [2.75, 3.05) is 23.3 Å². The highest BCUT2D eigenvalue weighted by Gasteiger charge is 2.24. The minimum atomic E-state index is -0.335. The quantitative estimate of drug-likeness (QED) is 0.668. The summed E-state index contributed by atoms with van der Waals surface area (Å²) in [6, 6.07) is 4.73. The molecule has 0 aliphatic carbocycles. The molecule has 7 heteroatoms. The molecule has 4 rings (SSSR count). The number of thiophene rings is 1. The molecule has 1 saturated heterocycles. The number of fused-ring (bicyclic) bond motifs is 1. The molecule has 0 unspecified atom stereocenters. The van der Waals surface area contributed by atoms with Gasteiger partial charge in [-0.2, -0.15) is 0 Å². The fourth-order valence-electron chi connectivity index (χ4n) is 3.69. The Morgan fingerprint density at radius 3 is 2.61 bits per heavy atom. The second-order valence-electron chi connectivity index (χ2n) is 7.23. The van der Waals surface area contributed by atoms with Crippen molar-refractivity contribution in [3.8, 4) is 0 Å². The van der Waals surface area contributed by atoms with Gasteiger partial charge in [-0.1, -0.05) is 18.9 Å². The number of rotatable bonds is 3. The zero-order valence-electron chi connectivity index (χ0n) is 16.1. The van der Waals surface area contributed by atoms with Crippen LogP contribution in [0.1, 0.15) is 46.5 Å². The van der Waals surface area contributed by atoms with Gasteiger partial charge in [-0.15, -0.1) is 11.3 Å². The highest BCUT2D eigenvalue weighted by molar-refractivity contribution is 7.19. The fraction of sp³-hybridized carbons (Fsp3) is 0.381. The van der Waals surface area contributed by atoms with Gasteiger partial charge in [0.1, 0.15) is 22.8 Å². The summed E-state index contributed by atoms with van der Waals surface area (Å²) in [6.07, 6.45) is 6.27. The molecule has 0 spiro atoms. The van der Waals surface area contributed by atoms with Gasteiger partial charge in [-0.25, -0.2) is 14.4 Å². The standard InChI is InChI=1S/C21H23FN4OS/c1-13-7-8-15(11-16(13)22)25-20(27)17-14(2)28-21-18(17)19(23-12-24-21)26-9-5-3-4-6-10-26/h7-8,11-12H,3-6,9-10H2,1-2H3,(H,25,27). The van der Waals surface area contributed by atoms with Crippen LogP contribution in [0.2, 0.25) is 0 Å². The Labute approximate surface area is 167 Å². The van der Waals surface area contributed by atoms with Crippen LogP contribution in [0.4, 0.5) is 15.9 Å². The zero-order valence-corrected chi connectivity index (χ0v) is 16.9. The maximum Gasteiger partial charge on any atom is 0.257 e. The molecule has 3 heterocycles. The number of amides is 1. The van der Waals surface area contributed by atoms with Crippen LogP contribution in [0.5, 0.6) is 0 Å². The molecule has 146 valence electrons. The van der Waals surface area contributed by atoms with Crippen molar-refractivity contribution in [2.24, 2.45) is 0 Å². The van der Waals surface area contributed by atoms with E-state index >= 15 is 0 Å². The SMILES string of the molecule is Cc1ccc(NC(=O)c2c(C)sc3ncnc(N4CCCCCC4)c23)cc1F. The van der Waals surface area contributed by atoms with Crippen LogP contribution in [0, 0.1) is 19.7 Å². The second kappa shape index (κ2) is 7.83. The number of carbonyl (C=O) groups is 1. The van der Waals surface area contributed by atoms with Crippen molar-refractivity contribution in [3.63, 3.8) is 0 Å². The molecule has 2 aromatic heterocycles. The number of nitrogens with zero attached hydrogens (tertiary/aromatic N) is 3. The molecule has 1 amide bonds. The van der Waals surface area contributed by atoms with Gasteiger partial charge in [-0.05, 0) is 44.4 Å². The lowest BCUT2D eigenvalue weighted by atomic mass is 10.1. The van der Waals surface area contributed by atoms with Crippen LogP contribution < -0.4 is 10.2 Å². The van der Waals surface area contributed by atoms with Crippen molar-refractivity contribution in [1.29, 1.82) is 0 Å². The number of hydrogen-bond donors (Lipinski definition) is 1. The molecule has 1 aliphatic rings. The van der Waals surface area contributed by atoms with Crippen molar-refractivity contribution < 1.29 is 9.18 Å². The Hall–Kier alpha value is -2.54. The molecule has 0 saturated carbocycles. The Bertz CT molecular complexity index is 1020. The van der Waals surface area contributed by atoms with Gasteiger partial charge in [0, 0.05) is 23.7 Å². The lowest BCUT2D eigenvalue weighted by Crippen LogP contribution is -2.25. The van der Waals surface area contributed by atoms with E-state index in [0.29, 0.717) is 16.8 Å². The Balaban J connectivity index is 1.74. The average molecular weight is 399 g/mol. The van der Waals surface area contributed by atoms with Crippen LogP contribution >= 0.6 is 11.3 Å². The number of aromatic nitrogens is 2. The molecule has 0 atom stereocenters. The number of hydrogen-bond acceptors (Lipinski definition) is 5. The Morgan fingerprint density at radius 2 is 1.89 bits per heavy atom. The van der Waals surface area contributed by atoms with Crippen molar-refractivity contribution in [1.82, 2.24) is 9.97 Å². The van der Waals surface area contributed by atoms with E-state index in [0.717, 1.165) is 46.8 Å². The lowest BCUT2D eigenvalue weighted by molar-refractivity contribution is 0.102. The largest absolute Gasteiger partial charge is 0.356 e. The van der Waals surface area contributed by atoms with E-state index in [9.17, 15) is 9.18 Å². The van der Waals surface area contributed by atoms with E-state index in [-0.39, 0.29) is 11.7 Å². The predicted octanol–water partition coefficient (Wildman–Crippen LogP) is 5.08. The third-order valence-electron chi connectivity index (χ3n) is 5.21. The normalized spacial score (nSPS) is 14.9. The fourth-order valence-corrected chi connectivity index (χ4v) is 4.67. The van der Waals surface area contributed by atoms with Gasteiger partial charge in [0.05, 0.1) is 10.9 Å². The predicted molar refractivity (Wildman–Crippen MR) is 112 cm³/mol. The minimum absolute atomic E-state index is 0.252. The third kappa shape index (κ3) is 3.58. The summed E-state index contributed by atoms with van der Waals surface area (Å²) in [7, 11) is 0. The molecule has 0 radical (unpaired) electrons. The van der Waals surface area contributed by atoms with Gasteiger partial charge >= 0.3 is 0 Å². The van der Waals surface area contributed by atoms with Gasteiger partial charge in [0.15, 0.2) is 0 Å². The molecule has 1 fully saturated rings. The Kier molecular flexibility index (Phi) is 5.26. The zero-order chi connectivity index (χ0) is 19.7. The van der Waals surface area contributed by atoms with Crippen LogP contribution in [0.3, 0.4) is 0 Å². The summed E-state index contributed by atoms with van der Waals surface area (Å²) in [5.74, 6) is 0.243.